The molecule has 0 aliphatic heterocycles. The van der Waals surface area contributed by atoms with Gasteiger partial charge in [-0.05, 0) is 0 Å². The van der Waals surface area contributed by atoms with Gasteiger partial charge in [0.25, 0.3) is 6.43 Å². The van der Waals surface area contributed by atoms with Gasteiger partial charge in [0.1, 0.15) is 13.2 Å². The standard InChI is InChI=1S/C9H15F5N2O2/c10-7(11)5-18-4-1-8(17)16(3-2-15)6-9(12,13)14/h7H,1-6,15H2. The summed E-state index contributed by atoms with van der Waals surface area (Å²) in [4.78, 5) is 11.9. The topological polar surface area (TPSA) is 55.6 Å². The molecule has 0 aliphatic rings. The van der Waals surface area contributed by atoms with E-state index in [1.807, 2.05) is 0 Å². The average Bonchev–Trinajstić information content (AvgIpc) is 2.21. The van der Waals surface area contributed by atoms with E-state index in [0.717, 1.165) is 0 Å². The Morgan fingerprint density at radius 3 is 2.39 bits per heavy atom. The van der Waals surface area contributed by atoms with Crippen molar-refractivity contribution in [2.24, 2.45) is 5.73 Å². The summed E-state index contributed by atoms with van der Waals surface area (Å²) < 4.78 is 64.1. The monoisotopic (exact) mass is 278 g/mol. The Balaban J connectivity index is 4.06. The van der Waals surface area contributed by atoms with Crippen molar-refractivity contribution in [2.45, 2.75) is 19.0 Å². The van der Waals surface area contributed by atoms with Crippen molar-refractivity contribution in [3.05, 3.63) is 0 Å². The summed E-state index contributed by atoms with van der Waals surface area (Å²) in [7, 11) is 0. The molecule has 18 heavy (non-hydrogen) atoms. The zero-order chi connectivity index (χ0) is 14.2. The molecule has 4 nitrogen and oxygen atoms in total. The van der Waals surface area contributed by atoms with Gasteiger partial charge in [-0.1, -0.05) is 0 Å². The van der Waals surface area contributed by atoms with E-state index in [2.05, 4.69) is 4.74 Å². The van der Waals surface area contributed by atoms with Crippen molar-refractivity contribution in [2.75, 3.05) is 32.8 Å². The first-order valence-electron chi connectivity index (χ1n) is 5.16. The lowest BCUT2D eigenvalue weighted by Gasteiger charge is -2.23. The molecule has 0 spiro atoms. The Kier molecular flexibility index (Phi) is 7.76. The lowest BCUT2D eigenvalue weighted by atomic mass is 10.3. The molecule has 0 bridgehead atoms. The van der Waals surface area contributed by atoms with Gasteiger partial charge in [0.2, 0.25) is 5.91 Å². The van der Waals surface area contributed by atoms with Crippen LogP contribution in [-0.2, 0) is 9.53 Å². The second-order valence-corrected chi connectivity index (χ2v) is 3.44. The first-order chi connectivity index (χ1) is 8.26. The molecule has 0 saturated carbocycles. The molecule has 2 N–H and O–H groups in total. The molecule has 0 radical (unpaired) electrons. The molecule has 0 rings (SSSR count). The van der Waals surface area contributed by atoms with Crippen LogP contribution in [0.25, 0.3) is 0 Å². The molecule has 9 heteroatoms. The highest BCUT2D eigenvalue weighted by atomic mass is 19.4. The smallest absolute Gasteiger partial charge is 0.375 e. The minimum atomic E-state index is -4.52. The van der Waals surface area contributed by atoms with E-state index in [0.29, 0.717) is 4.90 Å². The first-order valence-corrected chi connectivity index (χ1v) is 5.16. The van der Waals surface area contributed by atoms with Gasteiger partial charge in [0.15, 0.2) is 0 Å². The van der Waals surface area contributed by atoms with Gasteiger partial charge in [-0.2, -0.15) is 13.2 Å². The minimum absolute atomic E-state index is 0.111. The van der Waals surface area contributed by atoms with Crippen molar-refractivity contribution in [3.63, 3.8) is 0 Å². The molecule has 0 unspecified atom stereocenters. The Morgan fingerprint density at radius 2 is 1.94 bits per heavy atom. The second-order valence-electron chi connectivity index (χ2n) is 3.44. The van der Waals surface area contributed by atoms with Crippen LogP contribution in [-0.4, -0.2) is 56.3 Å². The number of rotatable bonds is 8. The quantitative estimate of drug-likeness (QED) is 0.532. The summed E-state index contributed by atoms with van der Waals surface area (Å²) in [6.45, 7) is -2.95. The van der Waals surface area contributed by atoms with E-state index in [-0.39, 0.29) is 26.1 Å². The van der Waals surface area contributed by atoms with E-state index in [1.165, 1.54) is 0 Å². The fourth-order valence-electron chi connectivity index (χ4n) is 1.15. The highest BCUT2D eigenvalue weighted by Gasteiger charge is 2.32. The van der Waals surface area contributed by atoms with E-state index in [1.54, 1.807) is 0 Å². The SMILES string of the molecule is NCCN(CC(F)(F)F)C(=O)CCOCC(F)F. The highest BCUT2D eigenvalue weighted by molar-refractivity contribution is 5.76. The lowest BCUT2D eigenvalue weighted by Crippen LogP contribution is -2.42. The van der Waals surface area contributed by atoms with Gasteiger partial charge in [0, 0.05) is 13.1 Å². The van der Waals surface area contributed by atoms with Gasteiger partial charge in [-0.15, -0.1) is 0 Å². The van der Waals surface area contributed by atoms with Crippen LogP contribution in [0.5, 0.6) is 0 Å². The Hall–Kier alpha value is -0.960. The van der Waals surface area contributed by atoms with Gasteiger partial charge in [0.05, 0.1) is 13.0 Å². The summed E-state index contributed by atoms with van der Waals surface area (Å²) in [5.41, 5.74) is 5.09. The molecule has 0 aromatic rings. The van der Waals surface area contributed by atoms with Crippen LogP contribution in [0.1, 0.15) is 6.42 Å². The van der Waals surface area contributed by atoms with Gasteiger partial charge in [-0.3, -0.25) is 4.79 Å². The van der Waals surface area contributed by atoms with Gasteiger partial charge >= 0.3 is 6.18 Å². The van der Waals surface area contributed by atoms with E-state index in [4.69, 9.17) is 5.73 Å². The number of hydrogen-bond donors (Lipinski definition) is 1. The van der Waals surface area contributed by atoms with Crippen molar-refractivity contribution < 1.29 is 31.5 Å². The number of amides is 1. The summed E-state index contributed by atoms with van der Waals surface area (Å²) in [6.07, 6.45) is -7.58. The first kappa shape index (κ1) is 17.0. The van der Waals surface area contributed by atoms with E-state index >= 15 is 0 Å². The van der Waals surface area contributed by atoms with Crippen LogP contribution in [0.15, 0.2) is 0 Å². The summed E-state index contributed by atoms with van der Waals surface area (Å²) in [5.74, 6) is -0.827. The summed E-state index contributed by atoms with van der Waals surface area (Å²) in [6, 6.07) is 0. The van der Waals surface area contributed by atoms with Crippen molar-refractivity contribution in [3.8, 4) is 0 Å². The molecule has 1 amide bonds. The summed E-state index contributed by atoms with van der Waals surface area (Å²) in [5, 5.41) is 0. The summed E-state index contributed by atoms with van der Waals surface area (Å²) >= 11 is 0. The number of nitrogens with two attached hydrogens (primary N) is 1. The Bertz CT molecular complexity index is 248. The minimum Gasteiger partial charge on any atom is -0.375 e. The molecule has 0 fully saturated rings. The van der Waals surface area contributed by atoms with Crippen LogP contribution in [0, 0.1) is 0 Å². The fraction of sp³-hybridized carbons (Fsp3) is 0.889. The van der Waals surface area contributed by atoms with Crippen LogP contribution < -0.4 is 5.73 Å². The maximum atomic E-state index is 12.1. The molecule has 0 aromatic carbocycles. The largest absolute Gasteiger partial charge is 0.406 e. The van der Waals surface area contributed by atoms with Crippen LogP contribution in [0.3, 0.4) is 0 Å². The number of nitrogens with zero attached hydrogens (tertiary/aromatic N) is 1. The molecule has 0 atom stereocenters. The average molecular weight is 278 g/mol. The third-order valence-corrected chi connectivity index (χ3v) is 1.83. The normalized spacial score (nSPS) is 11.9. The number of carbonyl (C=O) groups is 1. The lowest BCUT2D eigenvalue weighted by molar-refractivity contribution is -0.161. The van der Waals surface area contributed by atoms with Crippen molar-refractivity contribution in [1.82, 2.24) is 4.90 Å². The number of hydrogen-bond acceptors (Lipinski definition) is 3. The molecule has 108 valence electrons. The number of alkyl halides is 5. The van der Waals surface area contributed by atoms with Gasteiger partial charge < -0.3 is 15.4 Å². The highest BCUT2D eigenvalue weighted by Crippen LogP contribution is 2.16. The zero-order valence-corrected chi connectivity index (χ0v) is 9.55. The third-order valence-electron chi connectivity index (χ3n) is 1.83. The van der Waals surface area contributed by atoms with E-state index in [9.17, 15) is 26.7 Å². The van der Waals surface area contributed by atoms with Crippen LogP contribution in [0.2, 0.25) is 0 Å². The maximum absolute atomic E-state index is 12.1. The Labute approximate surface area is 101 Å². The van der Waals surface area contributed by atoms with Gasteiger partial charge in [-0.25, -0.2) is 8.78 Å². The number of ether oxygens (including phenoxy) is 1. The maximum Gasteiger partial charge on any atom is 0.406 e. The van der Waals surface area contributed by atoms with Crippen LogP contribution in [0.4, 0.5) is 22.0 Å². The predicted octanol–water partition coefficient (Wildman–Crippen LogP) is 1.01. The number of halogens is 5. The Morgan fingerprint density at radius 1 is 1.33 bits per heavy atom. The molecule has 0 heterocycles. The van der Waals surface area contributed by atoms with E-state index < -0.39 is 31.7 Å². The molecule has 0 aliphatic carbocycles. The van der Waals surface area contributed by atoms with Crippen molar-refractivity contribution >= 4 is 5.91 Å². The number of carbonyl (C=O) groups excluding carboxylic acids is 1. The molecular weight excluding hydrogens is 263 g/mol. The molecule has 0 saturated heterocycles. The predicted molar refractivity (Wildman–Crippen MR) is 53.1 cm³/mol. The fourth-order valence-corrected chi connectivity index (χ4v) is 1.15. The van der Waals surface area contributed by atoms with Crippen LogP contribution >= 0.6 is 0 Å². The zero-order valence-electron chi connectivity index (χ0n) is 9.55. The third kappa shape index (κ3) is 9.11. The van der Waals surface area contributed by atoms with Crippen molar-refractivity contribution in [1.29, 1.82) is 0 Å². The molecular formula is C9H15F5N2O2. The second kappa shape index (κ2) is 8.20. The molecule has 0 aromatic heterocycles.